The van der Waals surface area contributed by atoms with Gasteiger partial charge in [-0.15, -0.1) is 0 Å². The molecule has 6 aromatic rings. The van der Waals surface area contributed by atoms with Crippen molar-refractivity contribution in [2.24, 2.45) is 0 Å². The molecule has 0 saturated carbocycles. The third-order valence-corrected chi connectivity index (χ3v) is 8.25. The van der Waals surface area contributed by atoms with Gasteiger partial charge in [0.05, 0.1) is 0 Å². The SMILES string of the molecule is c1ccc2c(OOc3ccc(SSc4ccc(OOc5cccc6ccccc56)cc4)cc3)cccc2c1. The second kappa shape index (κ2) is 11.4. The summed E-state index contributed by atoms with van der Waals surface area (Å²) in [7, 11) is 3.33. The fraction of sp³-hybridized carbons (Fsp3) is 0. The molecular formula is C32H22O4S2. The Morgan fingerprint density at radius 2 is 0.737 bits per heavy atom. The molecule has 6 heteroatoms. The maximum Gasteiger partial charge on any atom is 0.186 e. The molecular weight excluding hydrogens is 512 g/mol. The van der Waals surface area contributed by atoms with Gasteiger partial charge in [0.15, 0.2) is 23.0 Å². The van der Waals surface area contributed by atoms with Gasteiger partial charge in [-0.2, -0.15) is 0 Å². The molecule has 6 rings (SSSR count). The van der Waals surface area contributed by atoms with E-state index in [-0.39, 0.29) is 0 Å². The van der Waals surface area contributed by atoms with E-state index in [2.05, 4.69) is 0 Å². The van der Waals surface area contributed by atoms with Gasteiger partial charge in [-0.25, -0.2) is 0 Å². The van der Waals surface area contributed by atoms with Crippen LogP contribution in [-0.4, -0.2) is 0 Å². The Kier molecular flexibility index (Phi) is 7.24. The minimum absolute atomic E-state index is 0.639. The van der Waals surface area contributed by atoms with Crippen LogP contribution in [0, 0.1) is 0 Å². The van der Waals surface area contributed by atoms with Crippen LogP contribution in [0.2, 0.25) is 0 Å². The van der Waals surface area contributed by atoms with Gasteiger partial charge < -0.3 is 0 Å². The maximum atomic E-state index is 5.62. The zero-order valence-electron chi connectivity index (χ0n) is 20.2. The van der Waals surface area contributed by atoms with E-state index >= 15 is 0 Å². The van der Waals surface area contributed by atoms with Crippen molar-refractivity contribution >= 4 is 43.1 Å². The normalized spacial score (nSPS) is 10.8. The fourth-order valence-corrected chi connectivity index (χ4v) is 5.85. The first kappa shape index (κ1) is 24.1. The summed E-state index contributed by atoms with van der Waals surface area (Å²) in [5.74, 6) is 2.65. The average molecular weight is 535 g/mol. The van der Waals surface area contributed by atoms with Gasteiger partial charge in [0.1, 0.15) is 0 Å². The number of hydrogen-bond donors (Lipinski definition) is 0. The van der Waals surface area contributed by atoms with Crippen molar-refractivity contribution in [3.63, 3.8) is 0 Å². The van der Waals surface area contributed by atoms with Crippen LogP contribution < -0.4 is 19.6 Å². The average Bonchev–Trinajstić information content (AvgIpc) is 2.99. The summed E-state index contributed by atoms with van der Waals surface area (Å²) in [5.41, 5.74) is 0. The molecule has 0 amide bonds. The molecule has 0 N–H and O–H groups in total. The van der Waals surface area contributed by atoms with Crippen molar-refractivity contribution in [1.29, 1.82) is 0 Å². The third kappa shape index (κ3) is 5.67. The van der Waals surface area contributed by atoms with E-state index in [9.17, 15) is 0 Å². The molecule has 0 bridgehead atoms. The highest BCUT2D eigenvalue weighted by Crippen LogP contribution is 2.38. The van der Waals surface area contributed by atoms with E-state index in [0.717, 1.165) is 31.3 Å². The van der Waals surface area contributed by atoms with Crippen molar-refractivity contribution in [2.75, 3.05) is 0 Å². The van der Waals surface area contributed by atoms with Crippen molar-refractivity contribution in [3.8, 4) is 23.0 Å². The Morgan fingerprint density at radius 1 is 0.342 bits per heavy atom. The fourth-order valence-electron chi connectivity index (χ4n) is 3.92. The molecule has 0 radical (unpaired) electrons. The second-order valence-electron chi connectivity index (χ2n) is 8.40. The van der Waals surface area contributed by atoms with Gasteiger partial charge in [-0.1, -0.05) is 94.4 Å². The molecule has 4 nitrogen and oxygen atoms in total. The van der Waals surface area contributed by atoms with Crippen LogP contribution in [0.5, 0.6) is 23.0 Å². The zero-order chi connectivity index (χ0) is 25.6. The van der Waals surface area contributed by atoms with Crippen LogP contribution in [-0.2, 0) is 0 Å². The van der Waals surface area contributed by atoms with Crippen LogP contribution in [0.1, 0.15) is 0 Å². The number of fused-ring (bicyclic) bond motifs is 2. The van der Waals surface area contributed by atoms with Gasteiger partial charge in [-0.05, 0) is 71.4 Å². The molecule has 0 aromatic heterocycles. The maximum absolute atomic E-state index is 5.62. The largest absolute Gasteiger partial charge is 0.290 e. The standard InChI is InChI=1S/C32H22O4S2/c1-3-11-29-23(7-1)9-5-13-31(29)35-33-25-15-19-27(20-16-25)37-38-28-21-17-26(18-22-28)34-36-32-14-6-10-24-8-2-4-12-30(24)32/h1-22H. The third-order valence-electron chi connectivity index (χ3n) is 5.84. The summed E-state index contributed by atoms with van der Waals surface area (Å²) in [6.07, 6.45) is 0. The number of hydrogen-bond acceptors (Lipinski definition) is 6. The number of rotatable bonds is 9. The van der Waals surface area contributed by atoms with Crippen LogP contribution in [0.15, 0.2) is 143 Å². The van der Waals surface area contributed by atoms with E-state index in [1.54, 1.807) is 21.6 Å². The van der Waals surface area contributed by atoms with Gasteiger partial charge >= 0.3 is 0 Å². The van der Waals surface area contributed by atoms with Crippen molar-refractivity contribution < 1.29 is 19.6 Å². The van der Waals surface area contributed by atoms with E-state index < -0.39 is 0 Å². The van der Waals surface area contributed by atoms with E-state index in [0.29, 0.717) is 23.0 Å². The molecule has 0 aliphatic carbocycles. The highest BCUT2D eigenvalue weighted by molar-refractivity contribution is 8.76. The van der Waals surface area contributed by atoms with Crippen molar-refractivity contribution in [3.05, 3.63) is 133 Å². The smallest absolute Gasteiger partial charge is 0.186 e. The van der Waals surface area contributed by atoms with Gasteiger partial charge in [0, 0.05) is 20.6 Å². The summed E-state index contributed by atoms with van der Waals surface area (Å²) in [6, 6.07) is 43.5. The van der Waals surface area contributed by atoms with Crippen molar-refractivity contribution in [2.45, 2.75) is 9.79 Å². The summed E-state index contributed by atoms with van der Waals surface area (Å²) in [4.78, 5) is 24.6. The molecule has 0 fully saturated rings. The lowest BCUT2D eigenvalue weighted by Crippen LogP contribution is -2.00. The highest BCUT2D eigenvalue weighted by Gasteiger charge is 2.06. The molecule has 0 heterocycles. The van der Waals surface area contributed by atoms with E-state index in [1.807, 2.05) is 133 Å². The minimum atomic E-state index is 0.639. The number of benzene rings is 6. The van der Waals surface area contributed by atoms with E-state index in [1.165, 1.54) is 0 Å². The molecule has 0 spiro atoms. The van der Waals surface area contributed by atoms with Crippen LogP contribution in [0.25, 0.3) is 21.5 Å². The summed E-state index contributed by atoms with van der Waals surface area (Å²) in [6.45, 7) is 0. The first-order chi connectivity index (χ1) is 18.8. The minimum Gasteiger partial charge on any atom is -0.290 e. The first-order valence-electron chi connectivity index (χ1n) is 12.0. The monoisotopic (exact) mass is 534 g/mol. The Bertz CT molecular complexity index is 1530. The molecule has 6 aromatic carbocycles. The summed E-state index contributed by atoms with van der Waals surface area (Å²) in [5, 5.41) is 4.23. The van der Waals surface area contributed by atoms with Crippen molar-refractivity contribution in [1.82, 2.24) is 0 Å². The molecule has 0 atom stereocenters. The molecule has 0 unspecified atom stereocenters. The zero-order valence-corrected chi connectivity index (χ0v) is 21.8. The Hall–Kier alpha value is -4.26. The first-order valence-corrected chi connectivity index (χ1v) is 14.2. The summed E-state index contributed by atoms with van der Waals surface area (Å²) < 4.78 is 0. The Morgan fingerprint density at radius 3 is 1.18 bits per heavy atom. The lowest BCUT2D eigenvalue weighted by molar-refractivity contribution is -0.0984. The molecule has 186 valence electrons. The van der Waals surface area contributed by atoms with Gasteiger partial charge in [0.2, 0.25) is 0 Å². The molecule has 0 saturated heterocycles. The van der Waals surface area contributed by atoms with Crippen LogP contribution in [0.3, 0.4) is 0 Å². The van der Waals surface area contributed by atoms with E-state index in [4.69, 9.17) is 19.6 Å². The highest BCUT2D eigenvalue weighted by atomic mass is 33.1. The summed E-state index contributed by atoms with van der Waals surface area (Å²) >= 11 is 0. The predicted molar refractivity (Wildman–Crippen MR) is 155 cm³/mol. The Labute approximate surface area is 228 Å². The lowest BCUT2D eigenvalue weighted by Gasteiger charge is -2.09. The van der Waals surface area contributed by atoms with Crippen LogP contribution >= 0.6 is 21.6 Å². The van der Waals surface area contributed by atoms with Gasteiger partial charge in [0.25, 0.3) is 0 Å². The topological polar surface area (TPSA) is 36.9 Å². The molecule has 0 aliphatic heterocycles. The van der Waals surface area contributed by atoms with Gasteiger partial charge in [-0.3, -0.25) is 19.6 Å². The lowest BCUT2D eigenvalue weighted by atomic mass is 10.1. The predicted octanol–water partition coefficient (Wildman–Crippen LogP) is 9.54. The Balaban J connectivity index is 1.01. The van der Waals surface area contributed by atoms with Crippen LogP contribution in [0.4, 0.5) is 0 Å². The molecule has 0 aliphatic rings. The quantitative estimate of drug-likeness (QED) is 0.104. The second-order valence-corrected chi connectivity index (χ2v) is 10.7. The molecule has 38 heavy (non-hydrogen) atoms.